The van der Waals surface area contributed by atoms with Crippen molar-refractivity contribution in [2.75, 3.05) is 26.3 Å². The number of ether oxygens (including phenoxy) is 1. The maximum absolute atomic E-state index is 11.8. The number of carbonyl (C=O) groups is 2. The highest BCUT2D eigenvalue weighted by atomic mass is 16.5. The van der Waals surface area contributed by atoms with Crippen molar-refractivity contribution < 1.29 is 14.3 Å². The van der Waals surface area contributed by atoms with E-state index in [4.69, 9.17) is 4.74 Å². The van der Waals surface area contributed by atoms with Gasteiger partial charge in [-0.2, -0.15) is 0 Å². The van der Waals surface area contributed by atoms with Crippen LogP contribution in [-0.4, -0.2) is 49.1 Å². The van der Waals surface area contributed by atoms with E-state index in [-0.39, 0.29) is 17.9 Å². The van der Waals surface area contributed by atoms with E-state index in [1.54, 1.807) is 6.92 Å². The molecule has 0 bridgehead atoms. The minimum Gasteiger partial charge on any atom is -0.381 e. The summed E-state index contributed by atoms with van der Waals surface area (Å²) in [6, 6.07) is 0.232. The lowest BCUT2D eigenvalue weighted by molar-refractivity contribution is -0.130. The fraction of sp³-hybridized carbons (Fsp3) is 0.846. The van der Waals surface area contributed by atoms with Gasteiger partial charge in [0.25, 0.3) is 0 Å². The molecule has 18 heavy (non-hydrogen) atoms. The van der Waals surface area contributed by atoms with Crippen LogP contribution in [0.15, 0.2) is 0 Å². The molecule has 5 heteroatoms. The number of amides is 2. The molecule has 0 radical (unpaired) electrons. The van der Waals surface area contributed by atoms with Crippen LogP contribution in [0.25, 0.3) is 0 Å². The van der Waals surface area contributed by atoms with Crippen molar-refractivity contribution in [2.45, 2.75) is 38.6 Å². The highest BCUT2D eigenvalue weighted by Crippen LogP contribution is 2.17. The summed E-state index contributed by atoms with van der Waals surface area (Å²) in [6.45, 7) is 4.61. The van der Waals surface area contributed by atoms with Gasteiger partial charge in [-0.05, 0) is 25.2 Å². The number of hydrogen-bond donors (Lipinski definition) is 1. The summed E-state index contributed by atoms with van der Waals surface area (Å²) in [5, 5.41) is 3.07. The minimum atomic E-state index is 0.128. The minimum absolute atomic E-state index is 0.128. The van der Waals surface area contributed by atoms with Gasteiger partial charge in [0.05, 0.1) is 0 Å². The molecule has 5 nitrogen and oxygen atoms in total. The van der Waals surface area contributed by atoms with Crippen LogP contribution < -0.4 is 5.32 Å². The van der Waals surface area contributed by atoms with Crippen LogP contribution in [0.2, 0.25) is 0 Å². The average Bonchev–Trinajstić information content (AvgIpc) is 2.82. The number of rotatable bonds is 3. The van der Waals surface area contributed by atoms with Crippen LogP contribution in [0.4, 0.5) is 0 Å². The normalized spacial score (nSPS) is 25.2. The van der Waals surface area contributed by atoms with E-state index in [1.807, 2.05) is 4.90 Å². The highest BCUT2D eigenvalue weighted by molar-refractivity contribution is 5.76. The zero-order valence-electron chi connectivity index (χ0n) is 11.0. The van der Waals surface area contributed by atoms with Gasteiger partial charge in [0, 0.05) is 45.7 Å². The second kappa shape index (κ2) is 6.18. The lowest BCUT2D eigenvalue weighted by Gasteiger charge is -2.31. The molecule has 0 saturated carbocycles. The number of likely N-dealkylation sites (tertiary alicyclic amines) is 1. The lowest BCUT2D eigenvalue weighted by Crippen LogP contribution is -2.46. The van der Waals surface area contributed by atoms with Crippen molar-refractivity contribution in [3.05, 3.63) is 0 Å². The molecular formula is C13H22N2O3. The van der Waals surface area contributed by atoms with E-state index in [0.717, 1.165) is 45.6 Å². The Morgan fingerprint density at radius 1 is 1.28 bits per heavy atom. The van der Waals surface area contributed by atoms with Crippen LogP contribution in [-0.2, 0) is 14.3 Å². The van der Waals surface area contributed by atoms with Crippen molar-refractivity contribution in [1.29, 1.82) is 0 Å². The SMILES string of the molecule is CC(=O)N1CCC(NC(=O)CC2CCOC2)CC1. The third-order valence-electron chi connectivity index (χ3n) is 3.80. The zero-order chi connectivity index (χ0) is 13.0. The first-order valence-electron chi connectivity index (χ1n) is 6.78. The summed E-state index contributed by atoms with van der Waals surface area (Å²) < 4.78 is 5.26. The molecule has 0 aromatic heterocycles. The van der Waals surface area contributed by atoms with Crippen molar-refractivity contribution in [2.24, 2.45) is 5.92 Å². The molecule has 1 atom stereocenters. The molecule has 0 aromatic carbocycles. The van der Waals surface area contributed by atoms with E-state index in [2.05, 4.69) is 5.32 Å². The fourth-order valence-electron chi connectivity index (χ4n) is 2.63. The molecule has 0 spiro atoms. The first-order chi connectivity index (χ1) is 8.65. The summed E-state index contributed by atoms with van der Waals surface area (Å²) in [5.41, 5.74) is 0. The smallest absolute Gasteiger partial charge is 0.220 e. The first-order valence-corrected chi connectivity index (χ1v) is 6.78. The quantitative estimate of drug-likeness (QED) is 0.799. The van der Waals surface area contributed by atoms with E-state index < -0.39 is 0 Å². The second-order valence-corrected chi connectivity index (χ2v) is 5.28. The summed E-state index contributed by atoms with van der Waals surface area (Å²) in [6.07, 6.45) is 3.31. The Morgan fingerprint density at radius 2 is 2.00 bits per heavy atom. The monoisotopic (exact) mass is 254 g/mol. The Balaban J connectivity index is 1.67. The van der Waals surface area contributed by atoms with Crippen LogP contribution in [0.5, 0.6) is 0 Å². The molecule has 2 saturated heterocycles. The van der Waals surface area contributed by atoms with Crippen LogP contribution in [0, 0.1) is 5.92 Å². The van der Waals surface area contributed by atoms with Crippen LogP contribution in [0.3, 0.4) is 0 Å². The molecule has 0 aromatic rings. The number of carbonyl (C=O) groups excluding carboxylic acids is 2. The fourth-order valence-corrected chi connectivity index (χ4v) is 2.63. The Morgan fingerprint density at radius 3 is 2.56 bits per heavy atom. The van der Waals surface area contributed by atoms with E-state index >= 15 is 0 Å². The third kappa shape index (κ3) is 3.70. The number of nitrogens with one attached hydrogen (secondary N) is 1. The Kier molecular flexibility index (Phi) is 4.58. The van der Waals surface area contributed by atoms with Gasteiger partial charge < -0.3 is 15.0 Å². The summed E-state index contributed by atoms with van der Waals surface area (Å²) >= 11 is 0. The molecule has 102 valence electrons. The van der Waals surface area contributed by atoms with E-state index in [0.29, 0.717) is 12.3 Å². The molecular weight excluding hydrogens is 232 g/mol. The predicted octanol–water partition coefficient (Wildman–Crippen LogP) is 0.540. The summed E-state index contributed by atoms with van der Waals surface area (Å²) in [7, 11) is 0. The Hall–Kier alpha value is -1.10. The van der Waals surface area contributed by atoms with Crippen molar-refractivity contribution in [3.8, 4) is 0 Å². The van der Waals surface area contributed by atoms with E-state index in [9.17, 15) is 9.59 Å². The van der Waals surface area contributed by atoms with Crippen molar-refractivity contribution in [1.82, 2.24) is 10.2 Å². The Labute approximate surface area is 108 Å². The highest BCUT2D eigenvalue weighted by Gasteiger charge is 2.24. The Bertz CT molecular complexity index is 305. The summed E-state index contributed by atoms with van der Waals surface area (Å²) in [5.74, 6) is 0.650. The van der Waals surface area contributed by atoms with Gasteiger partial charge in [0.2, 0.25) is 11.8 Å². The molecule has 0 aliphatic carbocycles. The number of nitrogens with zero attached hydrogens (tertiary/aromatic N) is 1. The second-order valence-electron chi connectivity index (χ2n) is 5.28. The van der Waals surface area contributed by atoms with Crippen LogP contribution in [0.1, 0.15) is 32.6 Å². The van der Waals surface area contributed by atoms with E-state index in [1.165, 1.54) is 0 Å². The molecule has 2 aliphatic rings. The van der Waals surface area contributed by atoms with Crippen molar-refractivity contribution >= 4 is 11.8 Å². The van der Waals surface area contributed by atoms with Gasteiger partial charge >= 0.3 is 0 Å². The first kappa shape index (κ1) is 13.3. The summed E-state index contributed by atoms with van der Waals surface area (Å²) in [4.78, 5) is 24.9. The lowest BCUT2D eigenvalue weighted by atomic mass is 10.0. The zero-order valence-corrected chi connectivity index (χ0v) is 11.0. The topological polar surface area (TPSA) is 58.6 Å². The maximum atomic E-state index is 11.8. The number of piperidine rings is 1. The maximum Gasteiger partial charge on any atom is 0.220 e. The predicted molar refractivity (Wildman–Crippen MR) is 67.0 cm³/mol. The van der Waals surface area contributed by atoms with Gasteiger partial charge in [-0.15, -0.1) is 0 Å². The third-order valence-corrected chi connectivity index (χ3v) is 3.80. The molecule has 2 rings (SSSR count). The van der Waals surface area contributed by atoms with Crippen LogP contribution >= 0.6 is 0 Å². The molecule has 2 heterocycles. The van der Waals surface area contributed by atoms with Crippen molar-refractivity contribution in [3.63, 3.8) is 0 Å². The van der Waals surface area contributed by atoms with Gasteiger partial charge in [0.1, 0.15) is 0 Å². The van der Waals surface area contributed by atoms with Gasteiger partial charge in [-0.25, -0.2) is 0 Å². The molecule has 1 unspecified atom stereocenters. The average molecular weight is 254 g/mol. The molecule has 2 aliphatic heterocycles. The van der Waals surface area contributed by atoms with Gasteiger partial charge in [0.15, 0.2) is 0 Å². The largest absolute Gasteiger partial charge is 0.381 e. The standard InChI is InChI=1S/C13H22N2O3/c1-10(16)15-5-2-12(3-6-15)14-13(17)8-11-4-7-18-9-11/h11-12H,2-9H2,1H3,(H,14,17). The molecule has 2 fully saturated rings. The molecule has 2 amide bonds. The number of hydrogen-bond acceptors (Lipinski definition) is 3. The molecule has 1 N–H and O–H groups in total. The van der Waals surface area contributed by atoms with Gasteiger partial charge in [-0.1, -0.05) is 0 Å². The van der Waals surface area contributed by atoms with Gasteiger partial charge in [-0.3, -0.25) is 9.59 Å².